The second kappa shape index (κ2) is 12.7. The van der Waals surface area contributed by atoms with Crippen LogP contribution in [0.5, 0.6) is 0 Å². The van der Waals surface area contributed by atoms with Crippen molar-refractivity contribution in [1.82, 2.24) is 16.0 Å². The third kappa shape index (κ3) is 9.34. The maximum atomic E-state index is 12.6. The molecule has 3 amide bonds. The maximum Gasteiger partial charge on any atom is 0.325 e. The van der Waals surface area contributed by atoms with E-state index in [1.165, 1.54) is 6.92 Å². The molecule has 0 rings (SSSR count). The Morgan fingerprint density at radius 2 is 1.52 bits per heavy atom. The van der Waals surface area contributed by atoms with Crippen molar-refractivity contribution in [2.45, 2.75) is 64.2 Å². The van der Waals surface area contributed by atoms with E-state index in [-0.39, 0.29) is 12.3 Å². The minimum absolute atomic E-state index is 0.272. The van der Waals surface area contributed by atoms with E-state index in [9.17, 15) is 24.0 Å². The lowest BCUT2D eigenvalue weighted by Crippen LogP contribution is -2.58. The first-order chi connectivity index (χ1) is 13.4. The van der Waals surface area contributed by atoms with Crippen molar-refractivity contribution < 1.29 is 39.3 Å². The lowest BCUT2D eigenvalue weighted by Gasteiger charge is -2.27. The fourth-order valence-electron chi connectivity index (χ4n) is 2.22. The van der Waals surface area contributed by atoms with Crippen LogP contribution in [0.15, 0.2) is 0 Å². The molecule has 8 N–H and O–H groups in total. The van der Waals surface area contributed by atoms with Crippen LogP contribution >= 0.6 is 0 Å². The first kappa shape index (κ1) is 26.3. The smallest absolute Gasteiger partial charge is 0.325 e. The van der Waals surface area contributed by atoms with Crippen molar-refractivity contribution in [2.24, 2.45) is 11.7 Å². The molecular weight excluding hydrogens is 388 g/mol. The van der Waals surface area contributed by atoms with Crippen LogP contribution in [-0.4, -0.2) is 75.8 Å². The second-order valence-electron chi connectivity index (χ2n) is 6.72. The molecule has 0 heterocycles. The van der Waals surface area contributed by atoms with Crippen molar-refractivity contribution in [2.75, 3.05) is 6.61 Å². The van der Waals surface area contributed by atoms with Crippen LogP contribution in [-0.2, 0) is 24.0 Å². The maximum absolute atomic E-state index is 12.6. The Kier molecular flexibility index (Phi) is 11.5. The molecule has 0 spiro atoms. The van der Waals surface area contributed by atoms with Crippen LogP contribution in [0, 0.1) is 5.92 Å². The molecule has 12 nitrogen and oxygen atoms in total. The molecular formula is C17H30N4O8. The molecule has 0 aromatic heterocycles. The second-order valence-corrected chi connectivity index (χ2v) is 6.72. The summed E-state index contributed by atoms with van der Waals surface area (Å²) >= 11 is 0. The van der Waals surface area contributed by atoms with Gasteiger partial charge in [0.1, 0.15) is 24.2 Å². The summed E-state index contributed by atoms with van der Waals surface area (Å²) in [4.78, 5) is 58.8. The number of aliphatic hydroxyl groups excluding tert-OH is 1. The SMILES string of the molecule is CCC(C)C(NC(=O)C(CCC(=O)O)NC(=O)C(N)CO)C(=O)NC(C)C(=O)O. The zero-order chi connectivity index (χ0) is 22.7. The molecule has 12 heteroatoms. The largest absolute Gasteiger partial charge is 0.481 e. The number of carboxylic acid groups (broad SMARTS) is 2. The van der Waals surface area contributed by atoms with E-state index in [4.69, 9.17) is 21.1 Å². The van der Waals surface area contributed by atoms with Gasteiger partial charge in [0.2, 0.25) is 17.7 Å². The Hall–Kier alpha value is -2.73. The summed E-state index contributed by atoms with van der Waals surface area (Å²) in [5, 5.41) is 33.7. The first-order valence-corrected chi connectivity index (χ1v) is 9.16. The van der Waals surface area contributed by atoms with E-state index in [0.717, 1.165) is 0 Å². The normalized spacial score (nSPS) is 15.9. The van der Waals surface area contributed by atoms with Crippen molar-refractivity contribution in [3.63, 3.8) is 0 Å². The number of carboxylic acids is 2. The fraction of sp³-hybridized carbons (Fsp3) is 0.706. The van der Waals surface area contributed by atoms with Gasteiger partial charge in [-0.2, -0.15) is 0 Å². The molecule has 166 valence electrons. The molecule has 0 radical (unpaired) electrons. The molecule has 0 saturated carbocycles. The van der Waals surface area contributed by atoms with Gasteiger partial charge in [-0.3, -0.25) is 24.0 Å². The summed E-state index contributed by atoms with van der Waals surface area (Å²) in [6, 6.07) is -4.91. The number of carbonyl (C=O) groups is 5. The monoisotopic (exact) mass is 418 g/mol. The Morgan fingerprint density at radius 3 is 1.97 bits per heavy atom. The average molecular weight is 418 g/mol. The number of hydrogen-bond acceptors (Lipinski definition) is 7. The summed E-state index contributed by atoms with van der Waals surface area (Å²) < 4.78 is 0. The third-order valence-corrected chi connectivity index (χ3v) is 4.34. The highest BCUT2D eigenvalue weighted by Crippen LogP contribution is 2.10. The molecule has 5 unspecified atom stereocenters. The lowest BCUT2D eigenvalue weighted by atomic mass is 9.97. The van der Waals surface area contributed by atoms with Crippen LogP contribution in [0.1, 0.15) is 40.0 Å². The van der Waals surface area contributed by atoms with Gasteiger partial charge in [0.15, 0.2) is 0 Å². The van der Waals surface area contributed by atoms with Crippen LogP contribution < -0.4 is 21.7 Å². The number of aliphatic carboxylic acids is 2. The van der Waals surface area contributed by atoms with Gasteiger partial charge in [-0.25, -0.2) is 0 Å². The van der Waals surface area contributed by atoms with E-state index < -0.39 is 66.9 Å². The van der Waals surface area contributed by atoms with E-state index in [1.54, 1.807) is 13.8 Å². The van der Waals surface area contributed by atoms with E-state index in [2.05, 4.69) is 16.0 Å². The average Bonchev–Trinajstić information content (AvgIpc) is 2.66. The van der Waals surface area contributed by atoms with Gasteiger partial charge in [0.05, 0.1) is 6.61 Å². The van der Waals surface area contributed by atoms with Gasteiger partial charge in [0.25, 0.3) is 0 Å². The molecule has 0 aliphatic carbocycles. The summed E-state index contributed by atoms with van der Waals surface area (Å²) in [5.41, 5.74) is 5.39. The van der Waals surface area contributed by atoms with E-state index >= 15 is 0 Å². The Bertz CT molecular complexity index is 612. The predicted molar refractivity (Wildman–Crippen MR) is 100 cm³/mol. The summed E-state index contributed by atoms with van der Waals surface area (Å²) in [7, 11) is 0. The number of nitrogens with two attached hydrogens (primary N) is 1. The number of carbonyl (C=O) groups excluding carboxylic acids is 3. The highest BCUT2D eigenvalue weighted by molar-refractivity contribution is 5.94. The van der Waals surface area contributed by atoms with Crippen molar-refractivity contribution in [1.29, 1.82) is 0 Å². The molecule has 0 aromatic rings. The Balaban J connectivity index is 5.41. The van der Waals surface area contributed by atoms with Crippen LogP contribution in [0.3, 0.4) is 0 Å². The zero-order valence-corrected chi connectivity index (χ0v) is 16.7. The highest BCUT2D eigenvalue weighted by atomic mass is 16.4. The molecule has 0 aromatic carbocycles. The minimum atomic E-state index is -1.31. The summed E-state index contributed by atoms with van der Waals surface area (Å²) in [6.07, 6.45) is -0.240. The lowest BCUT2D eigenvalue weighted by molar-refractivity contribution is -0.142. The predicted octanol–water partition coefficient (Wildman–Crippen LogP) is -2.22. The van der Waals surface area contributed by atoms with Crippen molar-refractivity contribution in [3.8, 4) is 0 Å². The molecule has 0 bridgehead atoms. The van der Waals surface area contributed by atoms with E-state index in [0.29, 0.717) is 6.42 Å². The number of nitrogens with one attached hydrogen (secondary N) is 3. The number of amides is 3. The molecule has 0 saturated heterocycles. The van der Waals surface area contributed by atoms with E-state index in [1.807, 2.05) is 0 Å². The summed E-state index contributed by atoms with van der Waals surface area (Å²) in [5.74, 6) is -5.24. The van der Waals surface area contributed by atoms with Gasteiger partial charge < -0.3 is 37.0 Å². The van der Waals surface area contributed by atoms with Crippen molar-refractivity contribution in [3.05, 3.63) is 0 Å². The number of hydrogen-bond donors (Lipinski definition) is 7. The first-order valence-electron chi connectivity index (χ1n) is 9.16. The molecule has 0 fully saturated rings. The zero-order valence-electron chi connectivity index (χ0n) is 16.7. The molecule has 29 heavy (non-hydrogen) atoms. The number of aliphatic hydroxyl groups is 1. The van der Waals surface area contributed by atoms with Gasteiger partial charge in [0, 0.05) is 6.42 Å². The Labute approximate surface area is 168 Å². The van der Waals surface area contributed by atoms with Gasteiger partial charge in [-0.15, -0.1) is 0 Å². The van der Waals surface area contributed by atoms with Crippen LogP contribution in [0.4, 0.5) is 0 Å². The highest BCUT2D eigenvalue weighted by Gasteiger charge is 2.32. The molecule has 0 aliphatic heterocycles. The Morgan fingerprint density at radius 1 is 0.931 bits per heavy atom. The van der Waals surface area contributed by atoms with Crippen LogP contribution in [0.2, 0.25) is 0 Å². The standard InChI is InChI=1S/C17H30N4O8/c1-4-8(2)13(16(27)19-9(3)17(28)29)21-15(26)11(5-6-12(23)24)20-14(25)10(18)7-22/h8-11,13,22H,4-7,18H2,1-3H3,(H,19,27)(H,20,25)(H,21,26)(H,23,24)(H,28,29). The van der Waals surface area contributed by atoms with Gasteiger partial charge in [-0.05, 0) is 19.3 Å². The molecule has 5 atom stereocenters. The fourth-order valence-corrected chi connectivity index (χ4v) is 2.22. The topological polar surface area (TPSA) is 208 Å². The number of rotatable bonds is 13. The third-order valence-electron chi connectivity index (χ3n) is 4.34. The van der Waals surface area contributed by atoms with Gasteiger partial charge in [-0.1, -0.05) is 20.3 Å². The van der Waals surface area contributed by atoms with Crippen LogP contribution in [0.25, 0.3) is 0 Å². The summed E-state index contributed by atoms with van der Waals surface area (Å²) in [6.45, 7) is 4.02. The van der Waals surface area contributed by atoms with Crippen molar-refractivity contribution >= 4 is 29.7 Å². The quantitative estimate of drug-likeness (QED) is 0.172. The van der Waals surface area contributed by atoms with Gasteiger partial charge >= 0.3 is 11.9 Å². The minimum Gasteiger partial charge on any atom is -0.481 e. The molecule has 0 aliphatic rings.